The molecular formula is C8H11PS. The van der Waals surface area contributed by atoms with Crippen molar-refractivity contribution in [2.45, 2.75) is 0 Å². The Labute approximate surface area is 67.3 Å². The molecule has 0 radical (unpaired) electrons. The average molecular weight is 170 g/mol. The van der Waals surface area contributed by atoms with Gasteiger partial charge in [-0.1, -0.05) is 42.1 Å². The van der Waals surface area contributed by atoms with E-state index in [0.717, 1.165) is 0 Å². The molecule has 10 heavy (non-hydrogen) atoms. The van der Waals surface area contributed by atoms with E-state index < -0.39 is 6.04 Å². The van der Waals surface area contributed by atoms with E-state index in [1.54, 1.807) is 0 Å². The Hall–Kier alpha value is -0.130. The first kappa shape index (κ1) is 7.97. The smallest absolute Gasteiger partial charge is 0.0147 e. The number of hydrogen-bond acceptors (Lipinski definition) is 1. The SMILES string of the molecule is CP(C)(=S)c1ccccc1. The number of hydrogen-bond donors (Lipinski definition) is 0. The van der Waals surface area contributed by atoms with Gasteiger partial charge in [0.25, 0.3) is 0 Å². The molecule has 0 bridgehead atoms. The van der Waals surface area contributed by atoms with Gasteiger partial charge in [-0.05, 0) is 24.7 Å². The third kappa shape index (κ3) is 1.93. The van der Waals surface area contributed by atoms with Crippen molar-refractivity contribution in [3.8, 4) is 0 Å². The van der Waals surface area contributed by atoms with E-state index in [1.165, 1.54) is 5.30 Å². The van der Waals surface area contributed by atoms with Crippen molar-refractivity contribution >= 4 is 23.1 Å². The van der Waals surface area contributed by atoms with Crippen LogP contribution in [0.15, 0.2) is 30.3 Å². The molecule has 1 rings (SSSR count). The summed E-state index contributed by atoms with van der Waals surface area (Å²) in [6, 6.07) is 9.15. The third-order valence-electron chi connectivity index (χ3n) is 1.38. The molecule has 0 aliphatic rings. The molecule has 0 unspecified atom stereocenters. The van der Waals surface area contributed by atoms with Crippen LogP contribution in [0, 0.1) is 0 Å². The largest absolute Gasteiger partial charge is 0.0931 e. The molecule has 54 valence electrons. The van der Waals surface area contributed by atoms with Crippen molar-refractivity contribution in [2.24, 2.45) is 0 Å². The van der Waals surface area contributed by atoms with Gasteiger partial charge in [0.05, 0.1) is 0 Å². The van der Waals surface area contributed by atoms with Crippen LogP contribution in [0.4, 0.5) is 0 Å². The molecule has 0 spiro atoms. The van der Waals surface area contributed by atoms with Crippen LogP contribution in [-0.2, 0) is 11.8 Å². The third-order valence-corrected chi connectivity index (χ3v) is 3.55. The Bertz CT molecular complexity index is 247. The summed E-state index contributed by atoms with van der Waals surface area (Å²) in [6.45, 7) is 4.30. The highest BCUT2D eigenvalue weighted by molar-refractivity contribution is 8.17. The van der Waals surface area contributed by atoms with Gasteiger partial charge in [-0.2, -0.15) is 0 Å². The van der Waals surface area contributed by atoms with Gasteiger partial charge in [0.1, 0.15) is 0 Å². The van der Waals surface area contributed by atoms with E-state index in [-0.39, 0.29) is 0 Å². The van der Waals surface area contributed by atoms with Crippen molar-refractivity contribution in [1.29, 1.82) is 0 Å². The Morgan fingerprint density at radius 1 is 1.10 bits per heavy atom. The molecule has 0 N–H and O–H groups in total. The first-order valence-electron chi connectivity index (χ1n) is 3.21. The summed E-state index contributed by atoms with van der Waals surface area (Å²) in [7, 11) is 0. The van der Waals surface area contributed by atoms with Gasteiger partial charge in [-0.3, -0.25) is 0 Å². The Morgan fingerprint density at radius 2 is 1.60 bits per heavy atom. The van der Waals surface area contributed by atoms with Crippen molar-refractivity contribution < 1.29 is 0 Å². The predicted molar refractivity (Wildman–Crippen MR) is 52.2 cm³/mol. The maximum Gasteiger partial charge on any atom is -0.0147 e. The summed E-state index contributed by atoms with van der Waals surface area (Å²) in [5.74, 6) is 0. The van der Waals surface area contributed by atoms with Crippen LogP contribution in [-0.4, -0.2) is 13.3 Å². The predicted octanol–water partition coefficient (Wildman–Crippen LogP) is 2.05. The zero-order chi connectivity index (χ0) is 7.61. The highest BCUT2D eigenvalue weighted by atomic mass is 32.4. The maximum atomic E-state index is 5.36. The Kier molecular flexibility index (Phi) is 2.28. The molecule has 0 fully saturated rings. The van der Waals surface area contributed by atoms with E-state index >= 15 is 0 Å². The number of benzene rings is 1. The molecule has 0 aromatic heterocycles. The van der Waals surface area contributed by atoms with E-state index in [0.29, 0.717) is 0 Å². The van der Waals surface area contributed by atoms with Crippen molar-refractivity contribution in [3.05, 3.63) is 30.3 Å². The molecule has 1 aromatic rings. The lowest BCUT2D eigenvalue weighted by molar-refractivity contribution is 1.77. The molecule has 0 amide bonds. The highest BCUT2D eigenvalue weighted by Gasteiger charge is 2.02. The minimum Gasteiger partial charge on any atom is -0.0931 e. The summed E-state index contributed by atoms with van der Waals surface area (Å²) >= 11 is 5.36. The molecule has 0 aliphatic heterocycles. The van der Waals surface area contributed by atoms with Gasteiger partial charge in [-0.15, -0.1) is 0 Å². The molecule has 1 aromatic carbocycles. The van der Waals surface area contributed by atoms with Crippen LogP contribution < -0.4 is 5.30 Å². The van der Waals surface area contributed by atoms with E-state index in [1.807, 2.05) is 18.2 Å². The highest BCUT2D eigenvalue weighted by Crippen LogP contribution is 2.34. The first-order valence-corrected chi connectivity index (χ1v) is 6.91. The standard InChI is InChI=1S/C8H11PS/c1-9(2,10)8-6-4-3-5-7-8/h3-7H,1-2H3. The molecule has 0 saturated carbocycles. The van der Waals surface area contributed by atoms with Crippen LogP contribution in [0.5, 0.6) is 0 Å². The van der Waals surface area contributed by atoms with Crippen LogP contribution in [0.3, 0.4) is 0 Å². The van der Waals surface area contributed by atoms with Gasteiger partial charge in [0.2, 0.25) is 0 Å². The molecule has 2 heteroatoms. The average Bonchev–Trinajstić information content (AvgIpc) is 1.88. The topological polar surface area (TPSA) is 0 Å². The maximum absolute atomic E-state index is 5.36. The monoisotopic (exact) mass is 170 g/mol. The van der Waals surface area contributed by atoms with Crippen molar-refractivity contribution in [1.82, 2.24) is 0 Å². The van der Waals surface area contributed by atoms with E-state index in [9.17, 15) is 0 Å². The van der Waals surface area contributed by atoms with Crippen LogP contribution in [0.25, 0.3) is 0 Å². The lowest BCUT2D eigenvalue weighted by Crippen LogP contribution is -1.99. The molecule has 0 aliphatic carbocycles. The fourth-order valence-corrected chi connectivity index (χ4v) is 2.04. The van der Waals surface area contributed by atoms with Gasteiger partial charge in [0.15, 0.2) is 0 Å². The van der Waals surface area contributed by atoms with Crippen LogP contribution in [0.2, 0.25) is 0 Å². The fourth-order valence-electron chi connectivity index (χ4n) is 0.787. The zero-order valence-corrected chi connectivity index (χ0v) is 7.95. The minimum atomic E-state index is -1.18. The summed E-state index contributed by atoms with van der Waals surface area (Å²) < 4.78 is 0. The second kappa shape index (κ2) is 2.86. The molecule has 0 atom stereocenters. The summed E-state index contributed by atoms with van der Waals surface area (Å²) in [5, 5.41) is 1.32. The first-order chi connectivity index (χ1) is 4.61. The Balaban J connectivity index is 3.09. The van der Waals surface area contributed by atoms with Gasteiger partial charge in [0, 0.05) is 0 Å². The fraction of sp³-hybridized carbons (Fsp3) is 0.250. The van der Waals surface area contributed by atoms with Gasteiger partial charge >= 0.3 is 0 Å². The summed E-state index contributed by atoms with van der Waals surface area (Å²) in [6.07, 6.45) is 0. The normalized spacial score (nSPS) is 11.4. The summed E-state index contributed by atoms with van der Waals surface area (Å²) in [5.41, 5.74) is 0. The molecule has 0 heterocycles. The Morgan fingerprint density at radius 3 is 1.90 bits per heavy atom. The number of rotatable bonds is 1. The lowest BCUT2D eigenvalue weighted by atomic mass is 10.4. The zero-order valence-electron chi connectivity index (χ0n) is 6.24. The minimum absolute atomic E-state index is 1.18. The lowest BCUT2D eigenvalue weighted by Gasteiger charge is -2.08. The molecule has 0 nitrogen and oxygen atoms in total. The molecular weight excluding hydrogens is 159 g/mol. The quantitative estimate of drug-likeness (QED) is 0.581. The van der Waals surface area contributed by atoms with Crippen LogP contribution >= 0.6 is 6.04 Å². The molecule has 0 saturated heterocycles. The van der Waals surface area contributed by atoms with E-state index in [2.05, 4.69) is 25.5 Å². The van der Waals surface area contributed by atoms with Gasteiger partial charge < -0.3 is 0 Å². The summed E-state index contributed by atoms with van der Waals surface area (Å²) in [4.78, 5) is 0. The van der Waals surface area contributed by atoms with Crippen LogP contribution in [0.1, 0.15) is 0 Å². The second-order valence-corrected chi connectivity index (χ2v) is 8.64. The van der Waals surface area contributed by atoms with E-state index in [4.69, 9.17) is 11.8 Å². The van der Waals surface area contributed by atoms with Crippen molar-refractivity contribution in [2.75, 3.05) is 13.3 Å². The second-order valence-electron chi connectivity index (χ2n) is 2.69. The van der Waals surface area contributed by atoms with Gasteiger partial charge in [-0.25, -0.2) is 0 Å². The van der Waals surface area contributed by atoms with Crippen molar-refractivity contribution in [3.63, 3.8) is 0 Å².